The van der Waals surface area contributed by atoms with Gasteiger partial charge in [0.05, 0.1) is 15.7 Å². The van der Waals surface area contributed by atoms with Gasteiger partial charge in [-0.1, -0.05) is 35.3 Å². The highest BCUT2D eigenvalue weighted by atomic mass is 35.5. The molecule has 0 bridgehead atoms. The summed E-state index contributed by atoms with van der Waals surface area (Å²) in [7, 11) is 0. The SMILES string of the molecule is Clc1ccc(C2(NCc3ccccn3)CCC2)cc1Cl. The number of nitrogens with one attached hydrogen (secondary N) is 1. The molecule has 2 aromatic rings. The summed E-state index contributed by atoms with van der Waals surface area (Å²) in [5, 5.41) is 4.87. The number of rotatable bonds is 4. The highest BCUT2D eigenvalue weighted by Gasteiger charge is 2.38. The molecule has 1 fully saturated rings. The van der Waals surface area contributed by atoms with E-state index in [2.05, 4.69) is 16.4 Å². The van der Waals surface area contributed by atoms with E-state index in [-0.39, 0.29) is 5.54 Å². The molecular weight excluding hydrogens is 291 g/mol. The number of hydrogen-bond donors (Lipinski definition) is 1. The molecule has 4 heteroatoms. The Kier molecular flexibility index (Phi) is 3.97. The van der Waals surface area contributed by atoms with Crippen LogP contribution in [0.3, 0.4) is 0 Å². The van der Waals surface area contributed by atoms with Crippen molar-refractivity contribution in [3.8, 4) is 0 Å². The van der Waals surface area contributed by atoms with Crippen molar-refractivity contribution in [3.63, 3.8) is 0 Å². The van der Waals surface area contributed by atoms with Crippen molar-refractivity contribution in [1.29, 1.82) is 0 Å². The molecule has 3 rings (SSSR count). The number of nitrogens with zero attached hydrogens (tertiary/aromatic N) is 1. The van der Waals surface area contributed by atoms with Gasteiger partial charge in [-0.3, -0.25) is 4.98 Å². The minimum atomic E-state index is 0.0196. The molecule has 1 heterocycles. The third-order valence-electron chi connectivity index (χ3n) is 4.01. The number of pyridine rings is 1. The van der Waals surface area contributed by atoms with Crippen LogP contribution in [0.2, 0.25) is 10.0 Å². The molecule has 1 saturated carbocycles. The first-order chi connectivity index (χ1) is 9.70. The van der Waals surface area contributed by atoms with E-state index < -0.39 is 0 Å². The predicted molar refractivity (Wildman–Crippen MR) is 83.1 cm³/mol. The van der Waals surface area contributed by atoms with Crippen LogP contribution < -0.4 is 5.32 Å². The molecule has 1 aromatic heterocycles. The second-order valence-electron chi connectivity index (χ2n) is 5.24. The number of benzene rings is 1. The van der Waals surface area contributed by atoms with E-state index in [1.807, 2.05) is 36.5 Å². The van der Waals surface area contributed by atoms with Crippen LogP contribution in [0.5, 0.6) is 0 Å². The lowest BCUT2D eigenvalue weighted by molar-refractivity contribution is 0.183. The van der Waals surface area contributed by atoms with Gasteiger partial charge in [0.15, 0.2) is 0 Å². The maximum atomic E-state index is 6.15. The van der Waals surface area contributed by atoms with Crippen molar-refractivity contribution in [1.82, 2.24) is 10.3 Å². The summed E-state index contributed by atoms with van der Waals surface area (Å²) >= 11 is 12.1. The highest BCUT2D eigenvalue weighted by molar-refractivity contribution is 6.42. The van der Waals surface area contributed by atoms with E-state index in [0.717, 1.165) is 25.1 Å². The third-order valence-corrected chi connectivity index (χ3v) is 4.75. The Morgan fingerprint density at radius 3 is 2.55 bits per heavy atom. The normalized spacial score (nSPS) is 16.7. The molecule has 0 atom stereocenters. The van der Waals surface area contributed by atoms with Crippen molar-refractivity contribution in [2.75, 3.05) is 0 Å². The summed E-state index contributed by atoms with van der Waals surface area (Å²) in [5.74, 6) is 0. The molecule has 0 amide bonds. The van der Waals surface area contributed by atoms with Crippen LogP contribution in [-0.4, -0.2) is 4.98 Å². The Morgan fingerprint density at radius 2 is 1.95 bits per heavy atom. The molecule has 0 unspecified atom stereocenters. The monoisotopic (exact) mass is 306 g/mol. The van der Waals surface area contributed by atoms with Gasteiger partial charge in [-0.25, -0.2) is 0 Å². The first-order valence-electron chi connectivity index (χ1n) is 6.80. The summed E-state index contributed by atoms with van der Waals surface area (Å²) < 4.78 is 0. The maximum absolute atomic E-state index is 6.15. The smallest absolute Gasteiger partial charge is 0.0595 e. The van der Waals surface area contributed by atoms with Gasteiger partial charge in [0, 0.05) is 18.3 Å². The zero-order chi connectivity index (χ0) is 14.0. The lowest BCUT2D eigenvalue weighted by atomic mass is 9.72. The van der Waals surface area contributed by atoms with Crippen molar-refractivity contribution in [2.45, 2.75) is 31.3 Å². The fraction of sp³-hybridized carbons (Fsp3) is 0.312. The zero-order valence-corrected chi connectivity index (χ0v) is 12.6. The Balaban J connectivity index is 1.79. The summed E-state index contributed by atoms with van der Waals surface area (Å²) in [6.45, 7) is 0.765. The van der Waals surface area contributed by atoms with Gasteiger partial charge in [0.25, 0.3) is 0 Å². The lowest BCUT2D eigenvalue weighted by Gasteiger charge is -2.43. The van der Waals surface area contributed by atoms with Gasteiger partial charge in [-0.15, -0.1) is 0 Å². The van der Waals surface area contributed by atoms with Crippen LogP contribution in [0, 0.1) is 0 Å². The molecule has 0 saturated heterocycles. The van der Waals surface area contributed by atoms with Crippen LogP contribution in [-0.2, 0) is 12.1 Å². The molecule has 104 valence electrons. The van der Waals surface area contributed by atoms with Gasteiger partial charge < -0.3 is 5.32 Å². The van der Waals surface area contributed by atoms with E-state index >= 15 is 0 Å². The van der Waals surface area contributed by atoms with Crippen molar-refractivity contribution >= 4 is 23.2 Å². The summed E-state index contributed by atoms with van der Waals surface area (Å²) in [4.78, 5) is 4.36. The van der Waals surface area contributed by atoms with Crippen molar-refractivity contribution < 1.29 is 0 Å². The third kappa shape index (κ3) is 2.69. The maximum Gasteiger partial charge on any atom is 0.0595 e. The highest BCUT2D eigenvalue weighted by Crippen LogP contribution is 2.42. The molecule has 0 spiro atoms. The number of aromatic nitrogens is 1. The van der Waals surface area contributed by atoms with E-state index in [1.54, 1.807) is 0 Å². The quantitative estimate of drug-likeness (QED) is 0.896. The fourth-order valence-electron chi connectivity index (χ4n) is 2.65. The van der Waals surface area contributed by atoms with E-state index in [4.69, 9.17) is 23.2 Å². The van der Waals surface area contributed by atoms with Crippen LogP contribution in [0.4, 0.5) is 0 Å². The summed E-state index contributed by atoms with van der Waals surface area (Å²) in [6.07, 6.45) is 5.30. The average molecular weight is 307 g/mol. The Bertz CT molecular complexity index is 595. The Hall–Kier alpha value is -1.09. The molecule has 2 nitrogen and oxygen atoms in total. The van der Waals surface area contributed by atoms with Crippen LogP contribution in [0.1, 0.15) is 30.5 Å². The van der Waals surface area contributed by atoms with Gasteiger partial charge in [0.2, 0.25) is 0 Å². The zero-order valence-electron chi connectivity index (χ0n) is 11.1. The second kappa shape index (κ2) is 5.72. The second-order valence-corrected chi connectivity index (χ2v) is 6.05. The molecule has 1 aliphatic carbocycles. The van der Waals surface area contributed by atoms with Crippen LogP contribution in [0.25, 0.3) is 0 Å². The van der Waals surface area contributed by atoms with Gasteiger partial charge in [-0.2, -0.15) is 0 Å². The lowest BCUT2D eigenvalue weighted by Crippen LogP contribution is -2.47. The number of halogens is 2. The standard InChI is InChI=1S/C16H16Cl2N2/c17-14-6-5-12(10-15(14)18)16(7-3-8-16)20-11-13-4-1-2-9-19-13/h1-2,4-6,9-10,20H,3,7-8,11H2. The van der Waals surface area contributed by atoms with Crippen molar-refractivity contribution in [2.24, 2.45) is 0 Å². The molecule has 0 radical (unpaired) electrons. The first-order valence-corrected chi connectivity index (χ1v) is 7.56. The molecular formula is C16H16Cl2N2. The largest absolute Gasteiger partial charge is 0.302 e. The summed E-state index contributed by atoms with van der Waals surface area (Å²) in [5.41, 5.74) is 2.29. The predicted octanol–water partition coefficient (Wildman–Crippen LogP) is 4.56. The van der Waals surface area contributed by atoms with Gasteiger partial charge in [-0.05, 0) is 49.1 Å². The van der Waals surface area contributed by atoms with E-state index in [0.29, 0.717) is 10.0 Å². The molecule has 1 aliphatic rings. The Morgan fingerprint density at radius 1 is 1.10 bits per heavy atom. The van der Waals surface area contributed by atoms with E-state index in [1.165, 1.54) is 12.0 Å². The van der Waals surface area contributed by atoms with Crippen molar-refractivity contribution in [3.05, 3.63) is 63.9 Å². The first kappa shape index (κ1) is 13.9. The minimum Gasteiger partial charge on any atom is -0.302 e. The van der Waals surface area contributed by atoms with Crippen LogP contribution in [0.15, 0.2) is 42.6 Å². The molecule has 1 N–H and O–H groups in total. The fourth-order valence-corrected chi connectivity index (χ4v) is 2.95. The average Bonchev–Trinajstić information content (AvgIpc) is 2.42. The summed E-state index contributed by atoms with van der Waals surface area (Å²) in [6, 6.07) is 11.9. The topological polar surface area (TPSA) is 24.9 Å². The molecule has 1 aromatic carbocycles. The molecule has 0 aliphatic heterocycles. The number of hydrogen-bond acceptors (Lipinski definition) is 2. The van der Waals surface area contributed by atoms with E-state index in [9.17, 15) is 0 Å². The van der Waals surface area contributed by atoms with Gasteiger partial charge in [0.1, 0.15) is 0 Å². The van der Waals surface area contributed by atoms with Crippen LogP contribution >= 0.6 is 23.2 Å². The van der Waals surface area contributed by atoms with Gasteiger partial charge >= 0.3 is 0 Å². The molecule has 20 heavy (non-hydrogen) atoms. The Labute approximate surface area is 129 Å². The minimum absolute atomic E-state index is 0.0196.